The summed E-state index contributed by atoms with van der Waals surface area (Å²) in [6.07, 6.45) is 4.51. The number of esters is 1. The van der Waals surface area contributed by atoms with Crippen molar-refractivity contribution >= 4 is 21.9 Å². The fraction of sp³-hybridized carbons (Fsp3) is 0.600. The molecule has 1 amide bonds. The zero-order valence-corrected chi connectivity index (χ0v) is 17.8. The Bertz CT molecular complexity index is 871. The average Bonchev–Trinajstić information content (AvgIpc) is 3.48. The van der Waals surface area contributed by atoms with E-state index >= 15 is 0 Å². The Morgan fingerprint density at radius 3 is 2.38 bits per heavy atom. The number of likely N-dealkylation sites (tertiary alicyclic amines) is 1. The Hall–Kier alpha value is -2.13. The summed E-state index contributed by atoms with van der Waals surface area (Å²) in [6, 6.07) is 4.20. The van der Waals surface area contributed by atoms with Gasteiger partial charge in [-0.2, -0.15) is 0 Å². The van der Waals surface area contributed by atoms with E-state index in [0.29, 0.717) is 0 Å². The van der Waals surface area contributed by atoms with Crippen LogP contribution in [0.15, 0.2) is 23.1 Å². The van der Waals surface area contributed by atoms with E-state index in [2.05, 4.69) is 4.72 Å². The molecular weight excluding hydrogens is 396 g/mol. The summed E-state index contributed by atoms with van der Waals surface area (Å²) in [5.74, 6) is -0.849. The minimum absolute atomic E-state index is 0.0505. The van der Waals surface area contributed by atoms with Crippen LogP contribution in [0.4, 0.5) is 0 Å². The number of methoxy groups -OCH3 is 1. The number of nitrogens with zero attached hydrogens (tertiary/aromatic N) is 1. The fourth-order valence-electron chi connectivity index (χ4n) is 3.70. The topological polar surface area (TPSA) is 102 Å². The molecule has 1 aliphatic heterocycles. The van der Waals surface area contributed by atoms with Gasteiger partial charge in [-0.3, -0.25) is 4.79 Å². The van der Waals surface area contributed by atoms with Crippen LogP contribution in [0.25, 0.3) is 0 Å². The molecule has 0 unspecified atom stereocenters. The Morgan fingerprint density at radius 2 is 1.79 bits per heavy atom. The van der Waals surface area contributed by atoms with Crippen LogP contribution in [0.2, 0.25) is 0 Å². The highest BCUT2D eigenvalue weighted by Crippen LogP contribution is 2.28. The van der Waals surface area contributed by atoms with Crippen LogP contribution in [0, 0.1) is 0 Å². The molecule has 9 heteroatoms. The first-order valence-corrected chi connectivity index (χ1v) is 11.4. The molecule has 0 bridgehead atoms. The molecule has 2 aliphatic rings. The van der Waals surface area contributed by atoms with Crippen LogP contribution in [0.1, 0.15) is 56.3 Å². The quantitative estimate of drug-likeness (QED) is 0.673. The number of ether oxygens (including phenoxy) is 2. The van der Waals surface area contributed by atoms with Gasteiger partial charge in [0.05, 0.1) is 12.7 Å². The van der Waals surface area contributed by atoms with Crippen LogP contribution in [0.5, 0.6) is 5.75 Å². The predicted octanol–water partition coefficient (Wildman–Crippen LogP) is 2.08. The average molecular weight is 425 g/mol. The SMILES string of the molecule is COc1ccc(C(=O)OCC(=O)N2[C@H](C)CCC[C@@H]2C)cc1S(=O)(=O)NC1CC1. The van der Waals surface area contributed by atoms with Gasteiger partial charge in [0.25, 0.3) is 5.91 Å². The van der Waals surface area contributed by atoms with Crippen molar-refractivity contribution in [3.63, 3.8) is 0 Å². The minimum atomic E-state index is -3.82. The molecule has 160 valence electrons. The summed E-state index contributed by atoms with van der Waals surface area (Å²) in [5.41, 5.74) is 0.0505. The molecule has 1 N–H and O–H groups in total. The molecule has 8 nitrogen and oxygen atoms in total. The fourth-order valence-corrected chi connectivity index (χ4v) is 5.20. The minimum Gasteiger partial charge on any atom is -0.495 e. The summed E-state index contributed by atoms with van der Waals surface area (Å²) >= 11 is 0. The summed E-state index contributed by atoms with van der Waals surface area (Å²) in [4.78, 5) is 26.6. The molecule has 3 rings (SSSR count). The first-order chi connectivity index (χ1) is 13.7. The third kappa shape index (κ3) is 5.08. The van der Waals surface area contributed by atoms with Crippen LogP contribution >= 0.6 is 0 Å². The molecule has 1 saturated carbocycles. The van der Waals surface area contributed by atoms with E-state index < -0.39 is 16.0 Å². The molecule has 2 fully saturated rings. The highest BCUT2D eigenvalue weighted by Gasteiger charge is 2.31. The molecular formula is C20H28N2O6S. The second kappa shape index (κ2) is 8.71. The Morgan fingerprint density at radius 1 is 1.14 bits per heavy atom. The normalized spacial score (nSPS) is 22.2. The lowest BCUT2D eigenvalue weighted by Gasteiger charge is -2.38. The third-order valence-electron chi connectivity index (χ3n) is 5.40. The van der Waals surface area contributed by atoms with E-state index in [0.717, 1.165) is 32.1 Å². The molecule has 1 heterocycles. The maximum atomic E-state index is 12.6. The molecule has 0 aromatic heterocycles. The van der Waals surface area contributed by atoms with Crippen molar-refractivity contribution in [3.05, 3.63) is 23.8 Å². The van der Waals surface area contributed by atoms with Gasteiger partial charge in [0, 0.05) is 18.1 Å². The molecule has 1 saturated heterocycles. The van der Waals surface area contributed by atoms with Crippen LogP contribution in [0.3, 0.4) is 0 Å². The lowest BCUT2D eigenvalue weighted by molar-refractivity contribution is -0.140. The molecule has 0 spiro atoms. The van der Waals surface area contributed by atoms with E-state index in [1.807, 2.05) is 13.8 Å². The van der Waals surface area contributed by atoms with E-state index in [1.54, 1.807) is 4.90 Å². The van der Waals surface area contributed by atoms with Crippen LogP contribution < -0.4 is 9.46 Å². The zero-order valence-electron chi connectivity index (χ0n) is 17.0. The second-order valence-corrected chi connectivity index (χ2v) is 9.45. The van der Waals surface area contributed by atoms with Gasteiger partial charge in [-0.15, -0.1) is 0 Å². The lowest BCUT2D eigenvalue weighted by Crippen LogP contribution is -2.49. The number of benzene rings is 1. The van der Waals surface area contributed by atoms with Gasteiger partial charge in [-0.05, 0) is 64.2 Å². The van der Waals surface area contributed by atoms with Crippen molar-refractivity contribution in [2.45, 2.75) is 69.0 Å². The number of piperidine rings is 1. The van der Waals surface area contributed by atoms with E-state index in [-0.39, 0.29) is 46.8 Å². The number of carbonyl (C=O) groups is 2. The standard InChI is InChI=1S/C20H28N2O6S/c1-13-5-4-6-14(2)22(13)19(23)12-28-20(24)15-7-10-17(27-3)18(11-15)29(25,26)21-16-8-9-16/h7,10-11,13-14,16,21H,4-6,8-9,12H2,1-3H3/t13-,14+. The van der Waals surface area contributed by atoms with Gasteiger partial charge in [-0.1, -0.05) is 0 Å². The van der Waals surface area contributed by atoms with Gasteiger partial charge < -0.3 is 14.4 Å². The molecule has 2 atom stereocenters. The smallest absolute Gasteiger partial charge is 0.338 e. The Labute approximate surface area is 171 Å². The van der Waals surface area contributed by atoms with Crippen molar-refractivity contribution in [2.75, 3.05) is 13.7 Å². The predicted molar refractivity (Wildman–Crippen MR) is 106 cm³/mol. The maximum absolute atomic E-state index is 12.6. The molecule has 1 aromatic carbocycles. The van der Waals surface area contributed by atoms with Crippen molar-refractivity contribution in [2.24, 2.45) is 0 Å². The van der Waals surface area contributed by atoms with Crippen molar-refractivity contribution in [3.8, 4) is 5.75 Å². The van der Waals surface area contributed by atoms with Crippen molar-refractivity contribution in [1.82, 2.24) is 9.62 Å². The van der Waals surface area contributed by atoms with Gasteiger partial charge in [0.2, 0.25) is 10.0 Å². The molecule has 1 aliphatic carbocycles. The lowest BCUT2D eigenvalue weighted by atomic mass is 9.97. The third-order valence-corrected chi connectivity index (χ3v) is 6.94. The number of carbonyl (C=O) groups excluding carboxylic acids is 2. The second-order valence-electron chi connectivity index (χ2n) is 7.77. The number of sulfonamides is 1. The molecule has 0 radical (unpaired) electrons. The highest BCUT2D eigenvalue weighted by atomic mass is 32.2. The van der Waals surface area contributed by atoms with Crippen LogP contribution in [-0.2, 0) is 19.6 Å². The number of nitrogens with one attached hydrogen (secondary N) is 1. The monoisotopic (exact) mass is 424 g/mol. The number of amides is 1. The van der Waals surface area contributed by atoms with Gasteiger partial charge in [-0.25, -0.2) is 17.9 Å². The van der Waals surface area contributed by atoms with Crippen molar-refractivity contribution in [1.29, 1.82) is 0 Å². The van der Waals surface area contributed by atoms with Gasteiger partial charge in [0.15, 0.2) is 6.61 Å². The first-order valence-electron chi connectivity index (χ1n) is 9.91. The van der Waals surface area contributed by atoms with Gasteiger partial charge >= 0.3 is 5.97 Å². The number of rotatable bonds is 7. The van der Waals surface area contributed by atoms with Crippen LogP contribution in [-0.4, -0.2) is 57.0 Å². The summed E-state index contributed by atoms with van der Waals surface area (Å²) < 4.78 is 38.1. The molecule has 29 heavy (non-hydrogen) atoms. The Balaban J connectivity index is 1.70. The summed E-state index contributed by atoms with van der Waals surface area (Å²) in [6.45, 7) is 3.60. The van der Waals surface area contributed by atoms with E-state index in [4.69, 9.17) is 9.47 Å². The highest BCUT2D eigenvalue weighted by molar-refractivity contribution is 7.89. The first kappa shape index (κ1) is 21.6. The van der Waals surface area contributed by atoms with E-state index in [9.17, 15) is 18.0 Å². The Kier molecular flexibility index (Phi) is 6.48. The van der Waals surface area contributed by atoms with Crippen molar-refractivity contribution < 1.29 is 27.5 Å². The number of hydrogen-bond donors (Lipinski definition) is 1. The summed E-state index contributed by atoms with van der Waals surface area (Å²) in [7, 11) is -2.45. The molecule has 1 aromatic rings. The number of hydrogen-bond acceptors (Lipinski definition) is 6. The maximum Gasteiger partial charge on any atom is 0.338 e. The van der Waals surface area contributed by atoms with Gasteiger partial charge in [0.1, 0.15) is 10.6 Å². The summed E-state index contributed by atoms with van der Waals surface area (Å²) in [5, 5.41) is 0. The zero-order chi connectivity index (χ0) is 21.2. The van der Waals surface area contributed by atoms with E-state index in [1.165, 1.54) is 25.3 Å². The largest absolute Gasteiger partial charge is 0.495 e.